The fourth-order valence-electron chi connectivity index (χ4n) is 4.47. The van der Waals surface area contributed by atoms with Crippen LogP contribution >= 0.6 is 0 Å². The Labute approximate surface area is 217 Å². The summed E-state index contributed by atoms with van der Waals surface area (Å²) >= 11 is 0. The van der Waals surface area contributed by atoms with E-state index in [1.165, 1.54) is 5.56 Å². The van der Waals surface area contributed by atoms with E-state index in [0.29, 0.717) is 28.8 Å². The number of nitrogens with zero attached hydrogens (tertiary/aromatic N) is 3. The molecular formula is C30H30N4O3. The highest BCUT2D eigenvalue weighted by molar-refractivity contribution is 5.94. The van der Waals surface area contributed by atoms with E-state index in [1.807, 2.05) is 54.6 Å². The highest BCUT2D eigenvalue weighted by Gasteiger charge is 2.21. The summed E-state index contributed by atoms with van der Waals surface area (Å²) < 4.78 is 11.2. The highest BCUT2D eigenvalue weighted by atomic mass is 16.5. The zero-order valence-electron chi connectivity index (χ0n) is 20.8. The molecule has 1 aliphatic rings. The van der Waals surface area contributed by atoms with Crippen LogP contribution in [0.25, 0.3) is 11.4 Å². The van der Waals surface area contributed by atoms with Crippen LogP contribution in [0.5, 0.6) is 17.4 Å². The molecule has 7 heteroatoms. The van der Waals surface area contributed by atoms with E-state index in [0.717, 1.165) is 38.0 Å². The number of hydrogen-bond donors (Lipinski definition) is 1. The molecule has 0 aliphatic carbocycles. The zero-order chi connectivity index (χ0) is 25.5. The minimum Gasteiger partial charge on any atom is -0.493 e. The Bertz CT molecular complexity index is 1320. The number of piperidine rings is 1. The van der Waals surface area contributed by atoms with E-state index in [1.54, 1.807) is 19.4 Å². The van der Waals surface area contributed by atoms with Crippen LogP contribution in [0.4, 0.5) is 0 Å². The van der Waals surface area contributed by atoms with E-state index in [4.69, 9.17) is 9.47 Å². The van der Waals surface area contributed by atoms with Gasteiger partial charge in [0.05, 0.1) is 7.11 Å². The van der Waals surface area contributed by atoms with Gasteiger partial charge in [-0.3, -0.25) is 9.69 Å². The third-order valence-corrected chi connectivity index (χ3v) is 6.49. The van der Waals surface area contributed by atoms with Crippen LogP contribution in [-0.2, 0) is 6.54 Å². The molecule has 188 valence electrons. The second kappa shape index (κ2) is 11.7. The first kappa shape index (κ1) is 24.5. The summed E-state index contributed by atoms with van der Waals surface area (Å²) in [6, 6.07) is 27.1. The molecule has 2 heterocycles. The van der Waals surface area contributed by atoms with Crippen molar-refractivity contribution in [2.75, 3.05) is 20.2 Å². The largest absolute Gasteiger partial charge is 0.493 e. The lowest BCUT2D eigenvalue weighted by Gasteiger charge is -2.32. The molecule has 0 bridgehead atoms. The van der Waals surface area contributed by atoms with Crippen LogP contribution in [0.15, 0.2) is 91.1 Å². The molecule has 0 unspecified atom stereocenters. The third-order valence-electron chi connectivity index (χ3n) is 6.49. The van der Waals surface area contributed by atoms with Crippen molar-refractivity contribution < 1.29 is 14.3 Å². The number of rotatable bonds is 8. The number of carbonyl (C=O) groups excluding carboxylic acids is 1. The van der Waals surface area contributed by atoms with Gasteiger partial charge in [0.2, 0.25) is 5.88 Å². The van der Waals surface area contributed by atoms with Crippen LogP contribution < -0.4 is 14.8 Å². The third kappa shape index (κ3) is 6.32. The van der Waals surface area contributed by atoms with Crippen molar-refractivity contribution in [2.45, 2.75) is 25.4 Å². The van der Waals surface area contributed by atoms with Gasteiger partial charge in [0.1, 0.15) is 0 Å². The predicted octanol–water partition coefficient (Wildman–Crippen LogP) is 5.34. The lowest BCUT2D eigenvalue weighted by atomic mass is 10.0. The van der Waals surface area contributed by atoms with Gasteiger partial charge in [0.15, 0.2) is 17.3 Å². The predicted molar refractivity (Wildman–Crippen MR) is 143 cm³/mol. The van der Waals surface area contributed by atoms with Gasteiger partial charge in [0, 0.05) is 49.1 Å². The summed E-state index contributed by atoms with van der Waals surface area (Å²) in [5.74, 6) is 2.08. The van der Waals surface area contributed by atoms with Gasteiger partial charge in [-0.2, -0.15) is 4.98 Å². The van der Waals surface area contributed by atoms with Gasteiger partial charge in [-0.15, -0.1) is 0 Å². The fourth-order valence-corrected chi connectivity index (χ4v) is 4.47. The number of para-hydroxylation sites is 2. The Morgan fingerprint density at radius 2 is 1.62 bits per heavy atom. The Hall–Kier alpha value is -4.23. The summed E-state index contributed by atoms with van der Waals surface area (Å²) in [4.78, 5) is 24.2. The monoisotopic (exact) mass is 494 g/mol. The molecule has 5 rings (SSSR count). The zero-order valence-corrected chi connectivity index (χ0v) is 20.8. The molecule has 0 spiro atoms. The SMILES string of the molecule is COc1ccccc1Oc1ccnc(-c2ccc(C(=O)NC3CCN(Cc4ccccc4)CC3)cc2)n1. The molecule has 1 fully saturated rings. The Morgan fingerprint density at radius 3 is 2.35 bits per heavy atom. The van der Waals surface area contributed by atoms with Gasteiger partial charge in [0.25, 0.3) is 5.91 Å². The smallest absolute Gasteiger partial charge is 0.251 e. The van der Waals surface area contributed by atoms with Gasteiger partial charge in [-0.05, 0) is 42.7 Å². The van der Waals surface area contributed by atoms with E-state index < -0.39 is 0 Å². The summed E-state index contributed by atoms with van der Waals surface area (Å²) in [6.07, 6.45) is 3.55. The van der Waals surface area contributed by atoms with Crippen LogP contribution in [-0.4, -0.2) is 47.0 Å². The van der Waals surface area contributed by atoms with Crippen molar-refractivity contribution in [1.29, 1.82) is 0 Å². The van der Waals surface area contributed by atoms with Crippen LogP contribution in [0.1, 0.15) is 28.8 Å². The number of aromatic nitrogens is 2. The maximum Gasteiger partial charge on any atom is 0.251 e. The number of benzene rings is 3. The molecule has 1 aliphatic heterocycles. The molecule has 4 aromatic rings. The van der Waals surface area contributed by atoms with Gasteiger partial charge >= 0.3 is 0 Å². The van der Waals surface area contributed by atoms with Crippen molar-refractivity contribution in [1.82, 2.24) is 20.2 Å². The summed E-state index contributed by atoms with van der Waals surface area (Å²) in [6.45, 7) is 2.91. The normalized spacial score (nSPS) is 14.2. The molecule has 0 radical (unpaired) electrons. The Kier molecular flexibility index (Phi) is 7.72. The molecule has 7 nitrogen and oxygen atoms in total. The number of hydrogen-bond acceptors (Lipinski definition) is 6. The number of likely N-dealkylation sites (tertiary alicyclic amines) is 1. The average molecular weight is 495 g/mol. The first-order valence-corrected chi connectivity index (χ1v) is 12.5. The van der Waals surface area contributed by atoms with Crippen molar-refractivity contribution in [3.63, 3.8) is 0 Å². The molecule has 1 saturated heterocycles. The maximum atomic E-state index is 12.9. The minimum absolute atomic E-state index is 0.0535. The van der Waals surface area contributed by atoms with Crippen molar-refractivity contribution in [3.8, 4) is 28.8 Å². The average Bonchev–Trinajstić information content (AvgIpc) is 2.95. The van der Waals surface area contributed by atoms with E-state index >= 15 is 0 Å². The first-order chi connectivity index (χ1) is 18.2. The second-order valence-corrected chi connectivity index (χ2v) is 9.06. The van der Waals surface area contributed by atoms with Crippen molar-refractivity contribution in [2.24, 2.45) is 0 Å². The molecule has 37 heavy (non-hydrogen) atoms. The molecule has 3 aromatic carbocycles. The number of ether oxygens (including phenoxy) is 2. The maximum absolute atomic E-state index is 12.9. The lowest BCUT2D eigenvalue weighted by Crippen LogP contribution is -2.44. The summed E-state index contributed by atoms with van der Waals surface area (Å²) in [7, 11) is 1.60. The first-order valence-electron chi connectivity index (χ1n) is 12.5. The van der Waals surface area contributed by atoms with Crippen LogP contribution in [0.2, 0.25) is 0 Å². The summed E-state index contributed by atoms with van der Waals surface area (Å²) in [5, 5.41) is 3.20. The molecule has 1 amide bonds. The van der Waals surface area contributed by atoms with E-state index in [9.17, 15) is 4.79 Å². The van der Waals surface area contributed by atoms with Crippen molar-refractivity contribution in [3.05, 3.63) is 102 Å². The van der Waals surface area contributed by atoms with Crippen LogP contribution in [0, 0.1) is 0 Å². The number of amides is 1. The van der Waals surface area contributed by atoms with Gasteiger partial charge < -0.3 is 14.8 Å². The Balaban J connectivity index is 1.16. The second-order valence-electron chi connectivity index (χ2n) is 9.06. The van der Waals surface area contributed by atoms with Gasteiger partial charge in [-0.25, -0.2) is 4.98 Å². The van der Waals surface area contributed by atoms with E-state index in [2.05, 4.69) is 44.5 Å². The summed E-state index contributed by atoms with van der Waals surface area (Å²) in [5.41, 5.74) is 2.75. The quantitative estimate of drug-likeness (QED) is 0.356. The molecule has 0 saturated carbocycles. The standard InChI is InChI=1S/C30H30N4O3/c1-36-26-9-5-6-10-27(26)37-28-15-18-31-29(33-28)23-11-13-24(14-12-23)30(35)32-25-16-19-34(20-17-25)21-22-7-3-2-4-8-22/h2-15,18,25H,16-17,19-21H2,1H3,(H,32,35). The minimum atomic E-state index is -0.0535. The Morgan fingerprint density at radius 1 is 0.919 bits per heavy atom. The topological polar surface area (TPSA) is 76.6 Å². The number of methoxy groups -OCH3 is 1. The fraction of sp³-hybridized carbons (Fsp3) is 0.233. The number of carbonyl (C=O) groups is 1. The molecule has 1 N–H and O–H groups in total. The van der Waals surface area contributed by atoms with Gasteiger partial charge in [-0.1, -0.05) is 54.6 Å². The highest BCUT2D eigenvalue weighted by Crippen LogP contribution is 2.30. The molecule has 1 aromatic heterocycles. The van der Waals surface area contributed by atoms with Crippen LogP contribution in [0.3, 0.4) is 0 Å². The number of nitrogens with one attached hydrogen (secondary N) is 1. The van der Waals surface area contributed by atoms with Crippen molar-refractivity contribution >= 4 is 5.91 Å². The molecule has 0 atom stereocenters. The lowest BCUT2D eigenvalue weighted by molar-refractivity contribution is 0.0909. The molecular weight excluding hydrogens is 464 g/mol. The van der Waals surface area contributed by atoms with E-state index in [-0.39, 0.29) is 11.9 Å².